The molecular weight excluding hydrogens is 168 g/mol. The quantitative estimate of drug-likeness (QED) is 0.669. The summed E-state index contributed by atoms with van der Waals surface area (Å²) in [6.07, 6.45) is 1.56. The number of nitrogens with zero attached hydrogens (tertiary/aromatic N) is 2. The van der Waals surface area contributed by atoms with Gasteiger partial charge in [-0.3, -0.25) is 4.79 Å². The first-order valence-corrected chi connectivity index (χ1v) is 4.03. The molecule has 0 radical (unpaired) electrons. The lowest BCUT2D eigenvalue weighted by atomic mass is 10.4. The molecule has 6 heteroatoms. The molecule has 0 aliphatic carbocycles. The summed E-state index contributed by atoms with van der Waals surface area (Å²) in [5.74, 6) is -0.830. The van der Waals surface area contributed by atoms with Gasteiger partial charge in [0.05, 0.1) is 0 Å². The molecule has 0 aromatic carbocycles. The number of aromatic nitrogens is 2. The molecule has 0 spiro atoms. The van der Waals surface area contributed by atoms with Crippen LogP contribution in [-0.4, -0.2) is 27.5 Å². The Balaban J connectivity index is 2.65. The molecule has 1 aromatic rings. The van der Waals surface area contributed by atoms with Crippen LogP contribution < -0.4 is 0 Å². The van der Waals surface area contributed by atoms with Crippen molar-refractivity contribution in [3.05, 3.63) is 5.89 Å². The van der Waals surface area contributed by atoms with Gasteiger partial charge in [0.2, 0.25) is 5.89 Å². The van der Waals surface area contributed by atoms with Crippen molar-refractivity contribution in [1.29, 1.82) is 0 Å². The average Bonchev–Trinajstić information content (AvgIpc) is 2.34. The zero-order valence-corrected chi connectivity index (χ0v) is 6.59. The first-order valence-electron chi connectivity index (χ1n) is 2.80. The monoisotopic (exact) mass is 174 g/mol. The number of aliphatic carboxylic acids is 1. The van der Waals surface area contributed by atoms with Crippen LogP contribution in [0.2, 0.25) is 0 Å². The topological polar surface area (TPSA) is 76.2 Å². The van der Waals surface area contributed by atoms with E-state index in [1.54, 1.807) is 6.26 Å². The minimum absolute atomic E-state index is 0.141. The summed E-state index contributed by atoms with van der Waals surface area (Å²) >= 11 is 1.28. The Labute approximate surface area is 66.8 Å². The lowest BCUT2D eigenvalue weighted by Crippen LogP contribution is -1.99. The van der Waals surface area contributed by atoms with E-state index in [2.05, 4.69) is 10.2 Å². The van der Waals surface area contributed by atoms with Crippen LogP contribution in [0.4, 0.5) is 0 Å². The van der Waals surface area contributed by atoms with Crippen molar-refractivity contribution in [3.8, 4) is 0 Å². The van der Waals surface area contributed by atoms with Gasteiger partial charge in [-0.25, -0.2) is 0 Å². The summed E-state index contributed by atoms with van der Waals surface area (Å²) in [7, 11) is 0. The number of hydrogen-bond donors (Lipinski definition) is 1. The third-order valence-corrected chi connectivity index (χ3v) is 1.44. The highest BCUT2D eigenvalue weighted by Crippen LogP contribution is 2.11. The molecule has 60 valence electrons. The standard InChI is InChI=1S/C5H6N2O3S/c1-11-5-7-6-3(10-5)2-4(8)9/h2H2,1H3,(H,8,9). The molecule has 11 heavy (non-hydrogen) atoms. The number of carbonyl (C=O) groups is 1. The Kier molecular flexibility index (Phi) is 2.48. The number of rotatable bonds is 3. The summed E-state index contributed by atoms with van der Waals surface area (Å²) in [6.45, 7) is 0. The van der Waals surface area contributed by atoms with E-state index in [0.29, 0.717) is 5.22 Å². The smallest absolute Gasteiger partial charge is 0.312 e. The van der Waals surface area contributed by atoms with Crippen LogP contribution in [0.1, 0.15) is 5.89 Å². The van der Waals surface area contributed by atoms with Crippen LogP contribution in [-0.2, 0) is 11.2 Å². The first kappa shape index (κ1) is 8.06. The van der Waals surface area contributed by atoms with Crippen LogP contribution in [0.5, 0.6) is 0 Å². The molecule has 0 aliphatic heterocycles. The summed E-state index contributed by atoms with van der Waals surface area (Å²) in [6, 6.07) is 0. The van der Waals surface area contributed by atoms with E-state index in [0.717, 1.165) is 0 Å². The minimum Gasteiger partial charge on any atom is -0.481 e. The lowest BCUT2D eigenvalue weighted by Gasteiger charge is -1.84. The van der Waals surface area contributed by atoms with E-state index in [4.69, 9.17) is 9.52 Å². The maximum absolute atomic E-state index is 10.1. The van der Waals surface area contributed by atoms with Crippen molar-refractivity contribution in [3.63, 3.8) is 0 Å². The van der Waals surface area contributed by atoms with Gasteiger partial charge in [-0.15, -0.1) is 10.2 Å². The van der Waals surface area contributed by atoms with E-state index < -0.39 is 5.97 Å². The zero-order chi connectivity index (χ0) is 8.27. The highest BCUT2D eigenvalue weighted by atomic mass is 32.2. The number of carboxylic acids is 1. The van der Waals surface area contributed by atoms with Gasteiger partial charge in [-0.05, 0) is 6.26 Å². The Morgan fingerprint density at radius 1 is 1.73 bits per heavy atom. The summed E-state index contributed by atoms with van der Waals surface area (Å²) in [5, 5.41) is 15.8. The minimum atomic E-state index is -0.971. The van der Waals surface area contributed by atoms with Crippen molar-refractivity contribution < 1.29 is 14.3 Å². The van der Waals surface area contributed by atoms with Gasteiger partial charge in [-0.2, -0.15) is 0 Å². The molecule has 0 atom stereocenters. The molecule has 0 fully saturated rings. The number of thioether (sulfide) groups is 1. The zero-order valence-electron chi connectivity index (χ0n) is 5.77. The number of carboxylic acid groups (broad SMARTS) is 1. The summed E-state index contributed by atoms with van der Waals surface area (Å²) < 4.78 is 4.90. The van der Waals surface area contributed by atoms with Gasteiger partial charge >= 0.3 is 5.97 Å². The van der Waals surface area contributed by atoms with Crippen LogP contribution in [0.3, 0.4) is 0 Å². The van der Waals surface area contributed by atoms with Crippen LogP contribution in [0.15, 0.2) is 9.64 Å². The Hall–Kier alpha value is -1.04. The molecular formula is C5H6N2O3S. The van der Waals surface area contributed by atoms with Gasteiger partial charge in [0, 0.05) is 0 Å². The highest BCUT2D eigenvalue weighted by molar-refractivity contribution is 7.98. The molecule has 1 N–H and O–H groups in total. The van der Waals surface area contributed by atoms with Gasteiger partial charge in [0.1, 0.15) is 6.42 Å². The van der Waals surface area contributed by atoms with E-state index in [1.165, 1.54) is 11.8 Å². The van der Waals surface area contributed by atoms with Crippen molar-refractivity contribution >= 4 is 17.7 Å². The second kappa shape index (κ2) is 3.38. The second-order valence-corrected chi connectivity index (χ2v) is 2.49. The average molecular weight is 174 g/mol. The predicted molar refractivity (Wildman–Crippen MR) is 37.4 cm³/mol. The van der Waals surface area contributed by atoms with Crippen LogP contribution in [0.25, 0.3) is 0 Å². The van der Waals surface area contributed by atoms with E-state index in [-0.39, 0.29) is 12.3 Å². The summed E-state index contributed by atoms with van der Waals surface area (Å²) in [5.41, 5.74) is 0. The molecule has 1 heterocycles. The normalized spacial score (nSPS) is 9.91. The maximum Gasteiger partial charge on any atom is 0.312 e. The molecule has 0 bridgehead atoms. The molecule has 1 aromatic heterocycles. The third-order valence-electron chi connectivity index (χ3n) is 0.925. The second-order valence-electron chi connectivity index (χ2n) is 1.74. The van der Waals surface area contributed by atoms with E-state index in [1.807, 2.05) is 0 Å². The fourth-order valence-corrected chi connectivity index (χ4v) is 0.824. The molecule has 0 unspecified atom stereocenters. The predicted octanol–water partition coefficient (Wildman–Crippen LogP) is 0.419. The third kappa shape index (κ3) is 2.23. The molecule has 1 rings (SSSR count). The lowest BCUT2D eigenvalue weighted by molar-refractivity contribution is -0.136. The SMILES string of the molecule is CSc1nnc(CC(=O)O)o1. The van der Waals surface area contributed by atoms with Gasteiger partial charge < -0.3 is 9.52 Å². The fraction of sp³-hybridized carbons (Fsp3) is 0.400. The molecule has 5 nitrogen and oxygen atoms in total. The van der Waals surface area contributed by atoms with Gasteiger partial charge in [0.25, 0.3) is 5.22 Å². The van der Waals surface area contributed by atoms with Gasteiger partial charge in [0.15, 0.2) is 0 Å². The Morgan fingerprint density at radius 2 is 2.45 bits per heavy atom. The van der Waals surface area contributed by atoms with Crippen molar-refractivity contribution in [1.82, 2.24) is 10.2 Å². The number of hydrogen-bond acceptors (Lipinski definition) is 5. The largest absolute Gasteiger partial charge is 0.481 e. The van der Waals surface area contributed by atoms with E-state index >= 15 is 0 Å². The fourth-order valence-electron chi connectivity index (χ4n) is 0.522. The Morgan fingerprint density at radius 3 is 2.91 bits per heavy atom. The first-order chi connectivity index (χ1) is 5.22. The van der Waals surface area contributed by atoms with Gasteiger partial charge in [-0.1, -0.05) is 11.8 Å². The maximum atomic E-state index is 10.1. The van der Waals surface area contributed by atoms with Crippen molar-refractivity contribution in [2.24, 2.45) is 0 Å². The van der Waals surface area contributed by atoms with Crippen molar-refractivity contribution in [2.75, 3.05) is 6.26 Å². The van der Waals surface area contributed by atoms with Crippen molar-refractivity contribution in [2.45, 2.75) is 11.6 Å². The Bertz CT molecular complexity index is 260. The highest BCUT2D eigenvalue weighted by Gasteiger charge is 2.08. The summed E-state index contributed by atoms with van der Waals surface area (Å²) in [4.78, 5) is 10.1. The molecule has 0 saturated heterocycles. The van der Waals surface area contributed by atoms with Crippen LogP contribution >= 0.6 is 11.8 Å². The molecule has 0 aliphatic rings. The van der Waals surface area contributed by atoms with Crippen LogP contribution in [0, 0.1) is 0 Å². The molecule has 0 amide bonds. The molecule has 0 saturated carbocycles. The van der Waals surface area contributed by atoms with E-state index in [9.17, 15) is 4.79 Å².